The number of aromatic nitrogens is 3. The summed E-state index contributed by atoms with van der Waals surface area (Å²) in [6, 6.07) is 12.4. The average Bonchev–Trinajstić information content (AvgIpc) is 3.21. The van der Waals surface area contributed by atoms with Crippen LogP contribution in [0.25, 0.3) is 0 Å². The number of carbonyl (C=O) groups is 2. The minimum atomic E-state index is -0.367. The van der Waals surface area contributed by atoms with Gasteiger partial charge in [0.25, 0.3) is 5.91 Å². The third kappa shape index (κ3) is 6.96. The summed E-state index contributed by atoms with van der Waals surface area (Å²) in [6.45, 7) is 12.2. The minimum Gasteiger partial charge on any atom is -0.342 e. The standard InChI is InChI=1S/C26H30ClN5O2S/c1-6-13-32-24(23(16(2)3)29-25(34)19-10-7-17(4)8-11-19)30-31-26(32)35-15-22(33)28-20-12-9-18(5)21(27)14-20/h6-12,14,16,23H,1,13,15H2,2-5H3,(H,28,33)(H,29,34)/t23-/m0/s1. The molecule has 0 saturated carbocycles. The van der Waals surface area contributed by atoms with E-state index in [-0.39, 0.29) is 29.5 Å². The van der Waals surface area contributed by atoms with Gasteiger partial charge < -0.3 is 15.2 Å². The summed E-state index contributed by atoms with van der Waals surface area (Å²) >= 11 is 7.42. The van der Waals surface area contributed by atoms with Crippen LogP contribution in [0.5, 0.6) is 0 Å². The number of amides is 2. The van der Waals surface area contributed by atoms with Gasteiger partial charge in [-0.05, 0) is 49.6 Å². The lowest BCUT2D eigenvalue weighted by Crippen LogP contribution is -2.33. The summed E-state index contributed by atoms with van der Waals surface area (Å²) in [4.78, 5) is 25.4. The molecular formula is C26H30ClN5O2S. The van der Waals surface area contributed by atoms with Crippen molar-refractivity contribution in [3.63, 3.8) is 0 Å². The second-order valence-electron chi connectivity index (χ2n) is 8.60. The second-order valence-corrected chi connectivity index (χ2v) is 9.95. The van der Waals surface area contributed by atoms with Crippen LogP contribution in [0.1, 0.15) is 47.2 Å². The fraction of sp³-hybridized carbons (Fsp3) is 0.308. The van der Waals surface area contributed by atoms with Gasteiger partial charge in [0.05, 0.1) is 11.8 Å². The maximum atomic E-state index is 12.9. The van der Waals surface area contributed by atoms with Crippen molar-refractivity contribution in [1.82, 2.24) is 20.1 Å². The van der Waals surface area contributed by atoms with Crippen molar-refractivity contribution in [2.75, 3.05) is 11.1 Å². The molecule has 0 aliphatic rings. The van der Waals surface area contributed by atoms with Gasteiger partial charge in [-0.25, -0.2) is 0 Å². The fourth-order valence-electron chi connectivity index (χ4n) is 3.39. The van der Waals surface area contributed by atoms with Gasteiger partial charge in [-0.15, -0.1) is 16.8 Å². The molecule has 0 aliphatic carbocycles. The molecule has 0 fully saturated rings. The molecule has 2 amide bonds. The number of hydrogen-bond acceptors (Lipinski definition) is 5. The Hall–Kier alpha value is -3.10. The first kappa shape index (κ1) is 26.5. The van der Waals surface area contributed by atoms with Gasteiger partial charge in [-0.1, -0.05) is 67.0 Å². The van der Waals surface area contributed by atoms with Crippen molar-refractivity contribution in [1.29, 1.82) is 0 Å². The highest BCUT2D eigenvalue weighted by Crippen LogP contribution is 2.26. The molecular weight excluding hydrogens is 482 g/mol. The Kier molecular flexibility index (Phi) is 9.12. The summed E-state index contributed by atoms with van der Waals surface area (Å²) in [5.41, 5.74) is 3.25. The van der Waals surface area contributed by atoms with Crippen LogP contribution >= 0.6 is 23.4 Å². The number of carbonyl (C=O) groups excluding carboxylic acids is 2. The predicted octanol–water partition coefficient (Wildman–Crippen LogP) is 5.59. The molecule has 0 aliphatic heterocycles. The molecule has 0 saturated heterocycles. The summed E-state index contributed by atoms with van der Waals surface area (Å²) in [5.74, 6) is 0.459. The minimum absolute atomic E-state index is 0.0598. The summed E-state index contributed by atoms with van der Waals surface area (Å²) in [6.07, 6.45) is 1.74. The molecule has 9 heteroatoms. The van der Waals surface area contributed by atoms with Gasteiger partial charge in [0.2, 0.25) is 5.91 Å². The van der Waals surface area contributed by atoms with Crippen molar-refractivity contribution in [2.45, 2.75) is 45.4 Å². The number of allylic oxidation sites excluding steroid dienone is 1. The van der Waals surface area contributed by atoms with E-state index in [2.05, 4.69) is 27.4 Å². The van der Waals surface area contributed by atoms with E-state index in [9.17, 15) is 9.59 Å². The van der Waals surface area contributed by atoms with Crippen molar-refractivity contribution in [2.24, 2.45) is 5.92 Å². The Balaban J connectivity index is 1.74. The van der Waals surface area contributed by atoms with Crippen LogP contribution in [-0.4, -0.2) is 32.3 Å². The highest BCUT2D eigenvalue weighted by Gasteiger charge is 2.26. The van der Waals surface area contributed by atoms with Gasteiger partial charge >= 0.3 is 0 Å². The van der Waals surface area contributed by atoms with E-state index in [1.807, 2.05) is 56.5 Å². The summed E-state index contributed by atoms with van der Waals surface area (Å²) < 4.78 is 1.88. The Morgan fingerprint density at radius 2 is 1.86 bits per heavy atom. The van der Waals surface area contributed by atoms with E-state index >= 15 is 0 Å². The van der Waals surface area contributed by atoms with Gasteiger partial charge in [-0.2, -0.15) is 0 Å². The Bertz CT molecular complexity index is 1210. The zero-order valence-corrected chi connectivity index (χ0v) is 21.9. The van der Waals surface area contributed by atoms with E-state index in [1.165, 1.54) is 11.8 Å². The number of aryl methyl sites for hydroxylation is 2. The van der Waals surface area contributed by atoms with Crippen LogP contribution < -0.4 is 10.6 Å². The zero-order chi connectivity index (χ0) is 25.5. The van der Waals surface area contributed by atoms with Crippen LogP contribution in [0.2, 0.25) is 5.02 Å². The molecule has 184 valence electrons. The van der Waals surface area contributed by atoms with Crippen LogP contribution in [0.3, 0.4) is 0 Å². The lowest BCUT2D eigenvalue weighted by atomic mass is 10.0. The van der Waals surface area contributed by atoms with Gasteiger partial charge in [0, 0.05) is 22.8 Å². The Morgan fingerprint density at radius 3 is 2.49 bits per heavy atom. The summed E-state index contributed by atoms with van der Waals surface area (Å²) in [5, 5.41) is 15.8. The number of thioether (sulfide) groups is 1. The van der Waals surface area contributed by atoms with E-state index in [1.54, 1.807) is 24.3 Å². The van der Waals surface area contributed by atoms with E-state index < -0.39 is 0 Å². The molecule has 7 nitrogen and oxygen atoms in total. The first-order valence-corrected chi connectivity index (χ1v) is 12.7. The van der Waals surface area contributed by atoms with Crippen molar-refractivity contribution >= 4 is 40.9 Å². The van der Waals surface area contributed by atoms with Crippen molar-refractivity contribution in [3.8, 4) is 0 Å². The molecule has 3 aromatic rings. The van der Waals surface area contributed by atoms with Crippen LogP contribution in [0.4, 0.5) is 5.69 Å². The van der Waals surface area contributed by atoms with E-state index in [0.717, 1.165) is 11.1 Å². The quantitative estimate of drug-likeness (QED) is 0.273. The topological polar surface area (TPSA) is 88.9 Å². The molecule has 1 heterocycles. The maximum Gasteiger partial charge on any atom is 0.251 e. The van der Waals surface area contributed by atoms with Crippen molar-refractivity contribution in [3.05, 3.63) is 82.7 Å². The highest BCUT2D eigenvalue weighted by molar-refractivity contribution is 7.99. The van der Waals surface area contributed by atoms with Gasteiger partial charge in [-0.3, -0.25) is 9.59 Å². The third-order valence-electron chi connectivity index (χ3n) is 5.39. The summed E-state index contributed by atoms with van der Waals surface area (Å²) in [7, 11) is 0. The lowest BCUT2D eigenvalue weighted by molar-refractivity contribution is -0.113. The number of nitrogens with one attached hydrogen (secondary N) is 2. The predicted molar refractivity (Wildman–Crippen MR) is 142 cm³/mol. The molecule has 0 unspecified atom stereocenters. The number of benzene rings is 2. The molecule has 2 N–H and O–H groups in total. The molecule has 0 spiro atoms. The second kappa shape index (κ2) is 12.0. The maximum absolute atomic E-state index is 12.9. The number of halogens is 1. The molecule has 0 bridgehead atoms. The molecule has 1 aromatic heterocycles. The molecule has 0 radical (unpaired) electrons. The fourth-order valence-corrected chi connectivity index (χ4v) is 4.33. The number of rotatable bonds is 10. The first-order valence-electron chi connectivity index (χ1n) is 11.3. The number of nitrogens with zero attached hydrogens (tertiary/aromatic N) is 3. The van der Waals surface area contributed by atoms with E-state index in [0.29, 0.717) is 33.8 Å². The average molecular weight is 512 g/mol. The molecule has 1 atom stereocenters. The zero-order valence-electron chi connectivity index (χ0n) is 20.3. The van der Waals surface area contributed by atoms with Gasteiger partial charge in [0.15, 0.2) is 11.0 Å². The van der Waals surface area contributed by atoms with Crippen LogP contribution in [0, 0.1) is 19.8 Å². The smallest absolute Gasteiger partial charge is 0.251 e. The lowest BCUT2D eigenvalue weighted by Gasteiger charge is -2.22. The Labute approximate surface area is 215 Å². The monoisotopic (exact) mass is 511 g/mol. The molecule has 3 rings (SSSR count). The van der Waals surface area contributed by atoms with Gasteiger partial charge in [0.1, 0.15) is 0 Å². The SMILES string of the molecule is C=CCn1c(SCC(=O)Nc2ccc(C)c(Cl)c2)nnc1[C@@H](NC(=O)c1ccc(C)cc1)C(C)C. The number of anilines is 1. The van der Waals surface area contributed by atoms with Crippen LogP contribution in [-0.2, 0) is 11.3 Å². The highest BCUT2D eigenvalue weighted by atomic mass is 35.5. The molecule has 2 aromatic carbocycles. The normalized spacial score (nSPS) is 11.8. The first-order chi connectivity index (χ1) is 16.7. The number of hydrogen-bond donors (Lipinski definition) is 2. The van der Waals surface area contributed by atoms with Crippen LogP contribution in [0.15, 0.2) is 60.3 Å². The van der Waals surface area contributed by atoms with E-state index in [4.69, 9.17) is 11.6 Å². The Morgan fingerprint density at radius 1 is 1.14 bits per heavy atom. The van der Waals surface area contributed by atoms with Crippen molar-refractivity contribution < 1.29 is 9.59 Å². The third-order valence-corrected chi connectivity index (χ3v) is 6.76. The molecule has 35 heavy (non-hydrogen) atoms. The largest absolute Gasteiger partial charge is 0.342 e.